The molecule has 0 radical (unpaired) electrons. The number of pyridine rings is 1. The van der Waals surface area contributed by atoms with E-state index in [1.54, 1.807) is 6.20 Å². The normalized spacial score (nSPS) is 29.1. The van der Waals surface area contributed by atoms with E-state index in [0.717, 1.165) is 5.69 Å². The Morgan fingerprint density at radius 2 is 2.24 bits per heavy atom. The number of hydrogen-bond donors (Lipinski definition) is 2. The molecule has 3 unspecified atom stereocenters. The molecule has 1 aromatic heterocycles. The van der Waals surface area contributed by atoms with Gasteiger partial charge in [0.05, 0.1) is 23.3 Å². The maximum Gasteiger partial charge on any atom is 0.154 e. The van der Waals surface area contributed by atoms with Crippen LogP contribution >= 0.6 is 0 Å². The number of aromatic nitrogens is 1. The monoisotopic (exact) mass is 256 g/mol. The molecule has 5 nitrogen and oxygen atoms in total. The van der Waals surface area contributed by atoms with Crippen molar-refractivity contribution in [1.82, 2.24) is 10.3 Å². The SMILES string of the molecule is CC(NC1CS(=O)(=O)CC1O)c1ccccn1. The van der Waals surface area contributed by atoms with Gasteiger partial charge in [0.25, 0.3) is 0 Å². The number of aliphatic hydroxyl groups is 1. The number of rotatable bonds is 3. The second-order valence-electron chi connectivity index (χ2n) is 4.39. The Labute approximate surface area is 101 Å². The van der Waals surface area contributed by atoms with Gasteiger partial charge < -0.3 is 10.4 Å². The van der Waals surface area contributed by atoms with Crippen molar-refractivity contribution >= 4 is 9.84 Å². The zero-order valence-electron chi connectivity index (χ0n) is 9.57. The van der Waals surface area contributed by atoms with Crippen molar-refractivity contribution in [2.45, 2.75) is 25.1 Å². The van der Waals surface area contributed by atoms with Crippen LogP contribution in [0.5, 0.6) is 0 Å². The zero-order valence-corrected chi connectivity index (χ0v) is 10.4. The van der Waals surface area contributed by atoms with Gasteiger partial charge in [-0.05, 0) is 19.1 Å². The third-order valence-electron chi connectivity index (χ3n) is 2.92. The molecule has 1 aliphatic heterocycles. The van der Waals surface area contributed by atoms with Crippen LogP contribution in [-0.2, 0) is 9.84 Å². The Kier molecular flexibility index (Phi) is 3.46. The molecule has 0 spiro atoms. The van der Waals surface area contributed by atoms with Gasteiger partial charge in [-0.1, -0.05) is 6.07 Å². The van der Waals surface area contributed by atoms with Gasteiger partial charge in [-0.25, -0.2) is 8.42 Å². The van der Waals surface area contributed by atoms with Gasteiger partial charge in [0.15, 0.2) is 9.84 Å². The zero-order chi connectivity index (χ0) is 12.5. The summed E-state index contributed by atoms with van der Waals surface area (Å²) in [6.45, 7) is 1.90. The van der Waals surface area contributed by atoms with E-state index in [0.29, 0.717) is 0 Å². The van der Waals surface area contributed by atoms with E-state index in [1.165, 1.54) is 0 Å². The average molecular weight is 256 g/mol. The van der Waals surface area contributed by atoms with E-state index in [9.17, 15) is 13.5 Å². The van der Waals surface area contributed by atoms with Gasteiger partial charge in [-0.3, -0.25) is 4.98 Å². The van der Waals surface area contributed by atoms with Crippen LogP contribution < -0.4 is 5.32 Å². The first kappa shape index (κ1) is 12.5. The lowest BCUT2D eigenvalue weighted by Crippen LogP contribution is -2.40. The summed E-state index contributed by atoms with van der Waals surface area (Å²) in [6, 6.07) is 5.09. The molecule has 1 fully saturated rings. The summed E-state index contributed by atoms with van der Waals surface area (Å²) in [4.78, 5) is 4.19. The Morgan fingerprint density at radius 1 is 1.47 bits per heavy atom. The highest BCUT2D eigenvalue weighted by molar-refractivity contribution is 7.91. The Balaban J connectivity index is 2.03. The van der Waals surface area contributed by atoms with Crippen molar-refractivity contribution < 1.29 is 13.5 Å². The predicted molar refractivity (Wildman–Crippen MR) is 64.2 cm³/mol. The number of sulfone groups is 1. The molecule has 6 heteroatoms. The largest absolute Gasteiger partial charge is 0.390 e. The first-order valence-corrected chi connectivity index (χ1v) is 7.35. The van der Waals surface area contributed by atoms with Crippen LogP contribution in [0.25, 0.3) is 0 Å². The van der Waals surface area contributed by atoms with E-state index >= 15 is 0 Å². The molecule has 1 aromatic rings. The highest BCUT2D eigenvalue weighted by Crippen LogP contribution is 2.17. The first-order chi connectivity index (χ1) is 7.98. The lowest BCUT2D eigenvalue weighted by Gasteiger charge is -2.20. The van der Waals surface area contributed by atoms with E-state index in [4.69, 9.17) is 0 Å². The van der Waals surface area contributed by atoms with Crippen LogP contribution in [0.3, 0.4) is 0 Å². The molecule has 0 saturated carbocycles. The lowest BCUT2D eigenvalue weighted by molar-refractivity contribution is 0.160. The first-order valence-electron chi connectivity index (χ1n) is 5.53. The van der Waals surface area contributed by atoms with Crippen molar-refractivity contribution in [3.05, 3.63) is 30.1 Å². The number of nitrogens with one attached hydrogen (secondary N) is 1. The van der Waals surface area contributed by atoms with Crippen molar-refractivity contribution in [3.63, 3.8) is 0 Å². The third kappa shape index (κ3) is 3.02. The van der Waals surface area contributed by atoms with Gasteiger partial charge in [-0.2, -0.15) is 0 Å². The minimum atomic E-state index is -3.11. The fraction of sp³-hybridized carbons (Fsp3) is 0.545. The third-order valence-corrected chi connectivity index (χ3v) is 4.63. The van der Waals surface area contributed by atoms with Crippen molar-refractivity contribution in [3.8, 4) is 0 Å². The van der Waals surface area contributed by atoms with Crippen LogP contribution in [0.15, 0.2) is 24.4 Å². The highest BCUT2D eigenvalue weighted by atomic mass is 32.2. The molecule has 2 N–H and O–H groups in total. The molecule has 0 aromatic carbocycles. The molecular weight excluding hydrogens is 240 g/mol. The molecule has 0 amide bonds. The maximum atomic E-state index is 11.4. The van der Waals surface area contributed by atoms with Crippen LogP contribution in [0.4, 0.5) is 0 Å². The summed E-state index contributed by atoms with van der Waals surface area (Å²) >= 11 is 0. The standard InChI is InChI=1S/C11H16N2O3S/c1-8(9-4-2-3-5-12-9)13-10-6-17(15,16)7-11(10)14/h2-5,8,10-11,13-14H,6-7H2,1H3. The van der Waals surface area contributed by atoms with Crippen molar-refractivity contribution in [2.24, 2.45) is 0 Å². The molecule has 0 aliphatic carbocycles. The quantitative estimate of drug-likeness (QED) is 0.789. The van der Waals surface area contributed by atoms with Gasteiger partial charge in [0, 0.05) is 18.3 Å². The maximum absolute atomic E-state index is 11.4. The van der Waals surface area contributed by atoms with E-state index < -0.39 is 22.0 Å². The fourth-order valence-electron chi connectivity index (χ4n) is 2.03. The Morgan fingerprint density at radius 3 is 2.76 bits per heavy atom. The molecular formula is C11H16N2O3S. The summed E-state index contributed by atoms with van der Waals surface area (Å²) in [6.07, 6.45) is 0.862. The van der Waals surface area contributed by atoms with Gasteiger partial charge in [-0.15, -0.1) is 0 Å². The summed E-state index contributed by atoms with van der Waals surface area (Å²) in [5.74, 6) is -0.162. The second kappa shape index (κ2) is 4.72. The van der Waals surface area contributed by atoms with Crippen LogP contribution in [0.2, 0.25) is 0 Å². The van der Waals surface area contributed by atoms with Crippen LogP contribution in [0.1, 0.15) is 18.7 Å². The topological polar surface area (TPSA) is 79.3 Å². The van der Waals surface area contributed by atoms with Gasteiger partial charge in [0.2, 0.25) is 0 Å². The van der Waals surface area contributed by atoms with Crippen molar-refractivity contribution in [1.29, 1.82) is 0 Å². The summed E-state index contributed by atoms with van der Waals surface area (Å²) in [7, 11) is -3.11. The molecule has 2 rings (SSSR count). The fourth-order valence-corrected chi connectivity index (χ4v) is 3.78. The minimum Gasteiger partial charge on any atom is -0.390 e. The molecule has 3 atom stereocenters. The Bertz CT molecular complexity index is 475. The van der Waals surface area contributed by atoms with Gasteiger partial charge >= 0.3 is 0 Å². The lowest BCUT2D eigenvalue weighted by atomic mass is 10.1. The number of aliphatic hydroxyl groups excluding tert-OH is 1. The van der Waals surface area contributed by atoms with E-state index in [-0.39, 0.29) is 17.5 Å². The molecule has 2 heterocycles. The van der Waals surface area contributed by atoms with Crippen LogP contribution in [0, 0.1) is 0 Å². The molecule has 94 valence electrons. The minimum absolute atomic E-state index is 0.00859. The van der Waals surface area contributed by atoms with Crippen molar-refractivity contribution in [2.75, 3.05) is 11.5 Å². The molecule has 17 heavy (non-hydrogen) atoms. The highest BCUT2D eigenvalue weighted by Gasteiger charge is 2.36. The predicted octanol–water partition coefficient (Wildman–Crippen LogP) is -0.110. The molecule has 1 aliphatic rings. The van der Waals surface area contributed by atoms with E-state index in [1.807, 2.05) is 25.1 Å². The summed E-state index contributed by atoms with van der Waals surface area (Å²) in [5, 5.41) is 12.8. The molecule has 1 saturated heterocycles. The summed E-state index contributed by atoms with van der Waals surface area (Å²) in [5.41, 5.74) is 0.837. The second-order valence-corrected chi connectivity index (χ2v) is 6.55. The molecule has 0 bridgehead atoms. The van der Waals surface area contributed by atoms with Gasteiger partial charge in [0.1, 0.15) is 0 Å². The smallest absolute Gasteiger partial charge is 0.154 e. The van der Waals surface area contributed by atoms with E-state index in [2.05, 4.69) is 10.3 Å². The Hall–Kier alpha value is -0.980. The number of nitrogens with zero attached hydrogens (tertiary/aromatic N) is 1. The van der Waals surface area contributed by atoms with Crippen LogP contribution in [-0.4, -0.2) is 42.2 Å². The summed E-state index contributed by atoms with van der Waals surface area (Å²) < 4.78 is 22.7. The number of hydrogen-bond acceptors (Lipinski definition) is 5. The average Bonchev–Trinajstić information content (AvgIpc) is 2.53.